The number of halogens is 2. The van der Waals surface area contributed by atoms with Crippen molar-refractivity contribution in [3.63, 3.8) is 0 Å². The molecule has 9 heteroatoms. The van der Waals surface area contributed by atoms with Gasteiger partial charge in [-0.3, -0.25) is 4.79 Å². The number of fused-ring (bicyclic) bond motifs is 1. The third-order valence-electron chi connectivity index (χ3n) is 5.64. The summed E-state index contributed by atoms with van der Waals surface area (Å²) in [6.45, 7) is 3.17. The number of piperidine rings is 1. The minimum absolute atomic E-state index is 0.0900. The van der Waals surface area contributed by atoms with Crippen molar-refractivity contribution >= 4 is 39.5 Å². The Kier molecular flexibility index (Phi) is 5.34. The molecule has 2 aromatic heterocycles. The van der Waals surface area contributed by atoms with Crippen molar-refractivity contribution in [1.82, 2.24) is 9.97 Å². The van der Waals surface area contributed by atoms with Crippen LogP contribution in [0.25, 0.3) is 22.4 Å². The van der Waals surface area contributed by atoms with E-state index >= 15 is 0 Å². The zero-order valence-electron chi connectivity index (χ0n) is 17.3. The fourth-order valence-electron chi connectivity index (χ4n) is 3.90. The van der Waals surface area contributed by atoms with E-state index in [0.717, 1.165) is 28.1 Å². The molecule has 5 rings (SSSR count). The minimum Gasteiger partial charge on any atom is -0.423 e. The second kappa shape index (κ2) is 8.31. The molecular formula is C23H20F2N4O2S. The molecule has 2 aromatic carbocycles. The molecule has 32 heavy (non-hydrogen) atoms. The van der Waals surface area contributed by atoms with Gasteiger partial charge in [0.25, 0.3) is 6.01 Å². The van der Waals surface area contributed by atoms with Gasteiger partial charge in [-0.2, -0.15) is 4.98 Å². The van der Waals surface area contributed by atoms with Gasteiger partial charge >= 0.3 is 0 Å². The summed E-state index contributed by atoms with van der Waals surface area (Å²) in [5.41, 5.74) is 2.58. The lowest BCUT2D eigenvalue weighted by molar-refractivity contribution is -0.120. The van der Waals surface area contributed by atoms with Crippen LogP contribution in [0.5, 0.6) is 0 Å². The number of para-hydroxylation sites is 2. The lowest BCUT2D eigenvalue weighted by Crippen LogP contribution is -2.38. The molecule has 0 spiro atoms. The first-order chi connectivity index (χ1) is 15.5. The van der Waals surface area contributed by atoms with Gasteiger partial charge in [-0.05, 0) is 50.1 Å². The number of aromatic nitrogens is 2. The van der Waals surface area contributed by atoms with E-state index in [1.54, 1.807) is 0 Å². The summed E-state index contributed by atoms with van der Waals surface area (Å²) in [6.07, 6.45) is 1.34. The van der Waals surface area contributed by atoms with Crippen LogP contribution in [0.2, 0.25) is 0 Å². The first-order valence-electron chi connectivity index (χ1n) is 10.3. The van der Waals surface area contributed by atoms with Gasteiger partial charge in [0.2, 0.25) is 5.91 Å². The number of aryl methyl sites for hydroxylation is 1. The summed E-state index contributed by atoms with van der Waals surface area (Å²) in [5, 5.41) is 3.34. The molecule has 0 aliphatic carbocycles. The van der Waals surface area contributed by atoms with E-state index in [-0.39, 0.29) is 11.8 Å². The zero-order chi connectivity index (χ0) is 22.2. The maximum Gasteiger partial charge on any atom is 0.298 e. The van der Waals surface area contributed by atoms with Crippen LogP contribution in [-0.2, 0) is 4.79 Å². The molecule has 0 unspecified atom stereocenters. The van der Waals surface area contributed by atoms with Crippen LogP contribution >= 0.6 is 11.3 Å². The number of amides is 1. The van der Waals surface area contributed by atoms with E-state index in [1.807, 2.05) is 31.2 Å². The molecule has 1 amide bonds. The van der Waals surface area contributed by atoms with Crippen LogP contribution in [0.15, 0.2) is 46.9 Å². The highest BCUT2D eigenvalue weighted by Crippen LogP contribution is 2.32. The molecule has 1 aliphatic rings. The van der Waals surface area contributed by atoms with Gasteiger partial charge < -0.3 is 14.6 Å². The van der Waals surface area contributed by atoms with Gasteiger partial charge in [0, 0.05) is 29.4 Å². The molecule has 3 heterocycles. The maximum atomic E-state index is 13.6. The maximum absolute atomic E-state index is 13.6. The molecule has 1 N–H and O–H groups in total. The largest absolute Gasteiger partial charge is 0.423 e. The number of carbonyl (C=O) groups excluding carboxylic acids is 1. The third kappa shape index (κ3) is 3.95. The summed E-state index contributed by atoms with van der Waals surface area (Å²) in [7, 11) is 0. The molecule has 6 nitrogen and oxygen atoms in total. The van der Waals surface area contributed by atoms with E-state index in [1.165, 1.54) is 17.4 Å². The number of nitrogens with zero attached hydrogens (tertiary/aromatic N) is 3. The molecule has 0 bridgehead atoms. The molecule has 4 aromatic rings. The van der Waals surface area contributed by atoms with E-state index < -0.39 is 11.6 Å². The molecule has 1 aliphatic heterocycles. The summed E-state index contributed by atoms with van der Waals surface area (Å²) in [5.74, 6) is -2.06. The van der Waals surface area contributed by atoms with Gasteiger partial charge in [-0.15, -0.1) is 11.3 Å². The number of rotatable bonds is 4. The van der Waals surface area contributed by atoms with Crippen LogP contribution in [0.3, 0.4) is 0 Å². The number of hydrogen-bond donors (Lipinski definition) is 1. The number of thiazole rings is 1. The Morgan fingerprint density at radius 2 is 1.91 bits per heavy atom. The highest BCUT2D eigenvalue weighted by molar-refractivity contribution is 7.16. The minimum atomic E-state index is -0.925. The highest BCUT2D eigenvalue weighted by Gasteiger charge is 2.28. The van der Waals surface area contributed by atoms with Crippen molar-refractivity contribution in [1.29, 1.82) is 0 Å². The van der Waals surface area contributed by atoms with Crippen molar-refractivity contribution in [2.45, 2.75) is 19.8 Å². The molecule has 0 saturated carbocycles. The van der Waals surface area contributed by atoms with Crippen LogP contribution in [0, 0.1) is 24.5 Å². The topological polar surface area (TPSA) is 71.3 Å². The summed E-state index contributed by atoms with van der Waals surface area (Å²) >= 11 is 1.32. The third-order valence-corrected chi connectivity index (χ3v) is 6.52. The second-order valence-electron chi connectivity index (χ2n) is 7.77. The van der Waals surface area contributed by atoms with Crippen molar-refractivity contribution in [3.05, 3.63) is 59.0 Å². The van der Waals surface area contributed by atoms with Gasteiger partial charge in [0.15, 0.2) is 22.3 Å². The van der Waals surface area contributed by atoms with Crippen molar-refractivity contribution in [3.8, 4) is 11.3 Å². The number of carbonyl (C=O) groups is 1. The number of nitrogens with one attached hydrogen (secondary N) is 1. The first-order valence-corrected chi connectivity index (χ1v) is 11.1. The Morgan fingerprint density at radius 1 is 1.12 bits per heavy atom. The van der Waals surface area contributed by atoms with Gasteiger partial charge in [0.1, 0.15) is 5.52 Å². The molecule has 0 radical (unpaired) electrons. The van der Waals surface area contributed by atoms with Crippen molar-refractivity contribution in [2.24, 2.45) is 5.92 Å². The smallest absolute Gasteiger partial charge is 0.298 e. The monoisotopic (exact) mass is 454 g/mol. The van der Waals surface area contributed by atoms with Crippen LogP contribution in [0.1, 0.15) is 17.7 Å². The Hall–Kier alpha value is -3.33. The van der Waals surface area contributed by atoms with Crippen LogP contribution in [0.4, 0.5) is 19.9 Å². The lowest BCUT2D eigenvalue weighted by Gasteiger charge is -2.29. The number of benzene rings is 2. The standard InChI is InChI=1S/C23H20F2N4O2S/c1-13-20(15-6-7-16(24)17(25)12-15)27-22(32-13)28-21(30)14-8-10-29(11-9-14)23-26-18-4-2-3-5-19(18)31-23/h2-7,12,14H,8-11H2,1H3,(H,27,28,30). The number of hydrogen-bond acceptors (Lipinski definition) is 6. The van der Waals surface area contributed by atoms with Crippen molar-refractivity contribution in [2.75, 3.05) is 23.3 Å². The normalized spacial score (nSPS) is 14.8. The second-order valence-corrected chi connectivity index (χ2v) is 8.97. The molecule has 0 atom stereocenters. The van der Waals surface area contributed by atoms with Crippen molar-refractivity contribution < 1.29 is 18.0 Å². The Balaban J connectivity index is 1.23. The Morgan fingerprint density at radius 3 is 2.66 bits per heavy atom. The summed E-state index contributed by atoms with van der Waals surface area (Å²) < 4.78 is 32.6. The fraction of sp³-hybridized carbons (Fsp3) is 0.261. The predicted molar refractivity (Wildman–Crippen MR) is 120 cm³/mol. The Bertz CT molecular complexity index is 1260. The number of oxazole rings is 1. The zero-order valence-corrected chi connectivity index (χ0v) is 18.1. The van der Waals surface area contributed by atoms with Gasteiger partial charge in [0.05, 0.1) is 5.69 Å². The Labute approximate surface area is 186 Å². The quantitative estimate of drug-likeness (QED) is 0.448. The van der Waals surface area contributed by atoms with Crippen LogP contribution < -0.4 is 10.2 Å². The molecule has 164 valence electrons. The van der Waals surface area contributed by atoms with E-state index in [2.05, 4.69) is 20.2 Å². The van der Waals surface area contributed by atoms with Crippen LogP contribution in [-0.4, -0.2) is 29.0 Å². The fourth-order valence-corrected chi connectivity index (χ4v) is 4.74. The molecular weight excluding hydrogens is 434 g/mol. The SMILES string of the molecule is Cc1sc(NC(=O)C2CCN(c3nc4ccccc4o3)CC2)nc1-c1ccc(F)c(F)c1. The lowest BCUT2D eigenvalue weighted by atomic mass is 9.96. The average molecular weight is 455 g/mol. The van der Waals surface area contributed by atoms with Gasteiger partial charge in [-0.25, -0.2) is 13.8 Å². The average Bonchev–Trinajstić information content (AvgIpc) is 3.39. The van der Waals surface area contributed by atoms with E-state index in [9.17, 15) is 13.6 Å². The first kappa shape index (κ1) is 20.6. The highest BCUT2D eigenvalue weighted by atomic mass is 32.1. The summed E-state index contributed by atoms with van der Waals surface area (Å²) in [4.78, 5) is 24.6. The summed E-state index contributed by atoms with van der Waals surface area (Å²) in [6, 6.07) is 11.9. The predicted octanol–water partition coefficient (Wildman–Crippen LogP) is 5.39. The molecule has 1 fully saturated rings. The number of anilines is 2. The van der Waals surface area contributed by atoms with E-state index in [4.69, 9.17) is 4.42 Å². The molecule has 1 saturated heterocycles. The van der Waals surface area contributed by atoms with Gasteiger partial charge in [-0.1, -0.05) is 12.1 Å². The van der Waals surface area contributed by atoms with E-state index in [0.29, 0.717) is 48.3 Å².